The Balaban J connectivity index is 3.22. The predicted octanol–water partition coefficient (Wildman–Crippen LogP) is 2.74. The lowest BCUT2D eigenvalue weighted by Gasteiger charge is -2.03. The summed E-state index contributed by atoms with van der Waals surface area (Å²) in [4.78, 5) is 8.52. The lowest BCUT2D eigenvalue weighted by Crippen LogP contribution is -2.28. The van der Waals surface area contributed by atoms with Crippen molar-refractivity contribution in [2.24, 2.45) is 4.99 Å². The van der Waals surface area contributed by atoms with Gasteiger partial charge in [0, 0.05) is 12.3 Å². The molecule has 1 heterocycles. The van der Waals surface area contributed by atoms with Crippen molar-refractivity contribution >= 4 is 18.0 Å². The Morgan fingerprint density at radius 2 is 2.05 bits per heavy atom. The van der Waals surface area contributed by atoms with E-state index >= 15 is 0 Å². The van der Waals surface area contributed by atoms with E-state index in [1.807, 2.05) is 63.3 Å². The SMILES string of the molecule is C=C/N=C(\C=C/C)Oc1ccc(=C/C)/c(=C\C=C/C)n1. The minimum absolute atomic E-state index is 0.459. The van der Waals surface area contributed by atoms with Gasteiger partial charge in [-0.15, -0.1) is 0 Å². The first-order chi connectivity index (χ1) is 9.74. The molecule has 0 aliphatic heterocycles. The Morgan fingerprint density at radius 1 is 1.25 bits per heavy atom. The summed E-state index contributed by atoms with van der Waals surface area (Å²) < 4.78 is 5.64. The Labute approximate surface area is 120 Å². The lowest BCUT2D eigenvalue weighted by molar-refractivity contribution is 0.529. The van der Waals surface area contributed by atoms with Crippen LogP contribution in [0.3, 0.4) is 0 Å². The minimum Gasteiger partial charge on any atom is -0.421 e. The third-order valence-electron chi connectivity index (χ3n) is 2.43. The highest BCUT2D eigenvalue weighted by atomic mass is 16.5. The molecule has 0 spiro atoms. The van der Waals surface area contributed by atoms with Crippen molar-refractivity contribution in [3.05, 3.63) is 59.8 Å². The molecule has 0 N–H and O–H groups in total. The number of nitrogens with zero attached hydrogens (tertiary/aromatic N) is 2. The Bertz CT molecular complexity index is 652. The molecule has 0 aliphatic carbocycles. The molecule has 0 aliphatic rings. The summed E-state index contributed by atoms with van der Waals surface area (Å²) in [5.74, 6) is 0.963. The maximum absolute atomic E-state index is 5.64. The van der Waals surface area contributed by atoms with Crippen LogP contribution in [0.15, 0.2) is 54.2 Å². The van der Waals surface area contributed by atoms with E-state index in [2.05, 4.69) is 16.6 Å². The Kier molecular flexibility index (Phi) is 6.76. The van der Waals surface area contributed by atoms with Gasteiger partial charge >= 0.3 is 0 Å². The molecular formula is C17H20N2O. The van der Waals surface area contributed by atoms with Gasteiger partial charge in [0.25, 0.3) is 0 Å². The number of hydrogen-bond acceptors (Lipinski definition) is 3. The highest BCUT2D eigenvalue weighted by Gasteiger charge is 1.99. The van der Waals surface area contributed by atoms with Crippen LogP contribution in [-0.4, -0.2) is 10.9 Å². The van der Waals surface area contributed by atoms with E-state index in [0.717, 1.165) is 10.6 Å². The second-order valence-corrected chi connectivity index (χ2v) is 3.86. The van der Waals surface area contributed by atoms with Crippen LogP contribution in [0.4, 0.5) is 0 Å². The topological polar surface area (TPSA) is 34.5 Å². The van der Waals surface area contributed by atoms with Crippen molar-refractivity contribution in [1.29, 1.82) is 0 Å². The van der Waals surface area contributed by atoms with Gasteiger partial charge in [0.1, 0.15) is 0 Å². The number of aliphatic imine (C=N–C) groups is 1. The smallest absolute Gasteiger partial charge is 0.221 e. The summed E-state index contributed by atoms with van der Waals surface area (Å²) in [7, 11) is 0. The summed E-state index contributed by atoms with van der Waals surface area (Å²) in [6, 6.07) is 3.79. The van der Waals surface area contributed by atoms with Crippen LogP contribution >= 0.6 is 0 Å². The molecule has 1 aromatic heterocycles. The van der Waals surface area contributed by atoms with Crippen molar-refractivity contribution in [3.8, 4) is 5.88 Å². The molecule has 0 fully saturated rings. The van der Waals surface area contributed by atoms with Crippen LogP contribution < -0.4 is 15.3 Å². The quantitative estimate of drug-likeness (QED) is 0.621. The van der Waals surface area contributed by atoms with E-state index in [-0.39, 0.29) is 0 Å². The summed E-state index contributed by atoms with van der Waals surface area (Å²) in [5.41, 5.74) is 0. The number of pyridine rings is 1. The van der Waals surface area contributed by atoms with Gasteiger partial charge in [-0.2, -0.15) is 0 Å². The zero-order valence-electron chi connectivity index (χ0n) is 12.2. The van der Waals surface area contributed by atoms with Crippen LogP contribution in [0, 0.1) is 0 Å². The Hall–Kier alpha value is -2.42. The molecule has 0 unspecified atom stereocenters. The number of aromatic nitrogens is 1. The van der Waals surface area contributed by atoms with Gasteiger partial charge in [-0.05, 0) is 44.2 Å². The zero-order valence-corrected chi connectivity index (χ0v) is 12.2. The van der Waals surface area contributed by atoms with Gasteiger partial charge in [0.15, 0.2) is 0 Å². The molecule has 3 nitrogen and oxygen atoms in total. The lowest BCUT2D eigenvalue weighted by atomic mass is 10.3. The molecule has 0 bridgehead atoms. The maximum Gasteiger partial charge on any atom is 0.221 e. The van der Waals surface area contributed by atoms with Crippen LogP contribution in [0.2, 0.25) is 0 Å². The van der Waals surface area contributed by atoms with E-state index in [9.17, 15) is 0 Å². The summed E-state index contributed by atoms with van der Waals surface area (Å²) in [6.45, 7) is 9.41. The molecule has 1 rings (SSSR count). The molecule has 20 heavy (non-hydrogen) atoms. The second kappa shape index (κ2) is 8.64. The van der Waals surface area contributed by atoms with E-state index < -0.39 is 0 Å². The first-order valence-corrected chi connectivity index (χ1v) is 6.50. The number of rotatable bonds is 4. The van der Waals surface area contributed by atoms with Crippen LogP contribution in [-0.2, 0) is 0 Å². The van der Waals surface area contributed by atoms with Gasteiger partial charge in [-0.1, -0.05) is 30.9 Å². The fourth-order valence-corrected chi connectivity index (χ4v) is 1.53. The molecule has 0 amide bonds. The normalized spacial score (nSPS) is 14.4. The predicted molar refractivity (Wildman–Crippen MR) is 86.0 cm³/mol. The maximum atomic E-state index is 5.64. The van der Waals surface area contributed by atoms with Crippen molar-refractivity contribution in [2.45, 2.75) is 20.8 Å². The van der Waals surface area contributed by atoms with Gasteiger partial charge < -0.3 is 4.74 Å². The summed E-state index contributed by atoms with van der Waals surface area (Å²) in [5, 5.41) is 1.92. The van der Waals surface area contributed by atoms with E-state index in [0.29, 0.717) is 11.8 Å². The summed E-state index contributed by atoms with van der Waals surface area (Å²) >= 11 is 0. The molecule has 1 aromatic rings. The Morgan fingerprint density at radius 3 is 2.65 bits per heavy atom. The molecule has 0 aromatic carbocycles. The fourth-order valence-electron chi connectivity index (χ4n) is 1.53. The molecule has 0 saturated carbocycles. The van der Waals surface area contributed by atoms with Crippen LogP contribution in [0.5, 0.6) is 5.88 Å². The summed E-state index contributed by atoms with van der Waals surface area (Å²) in [6.07, 6.45) is 12.9. The van der Waals surface area contributed by atoms with Gasteiger partial charge in [0.2, 0.25) is 11.8 Å². The van der Waals surface area contributed by atoms with Gasteiger partial charge in [-0.3, -0.25) is 0 Å². The molecule has 0 saturated heterocycles. The highest BCUT2D eigenvalue weighted by Crippen LogP contribution is 2.02. The van der Waals surface area contributed by atoms with Crippen LogP contribution in [0.25, 0.3) is 12.2 Å². The molecule has 104 valence electrons. The van der Waals surface area contributed by atoms with Gasteiger partial charge in [-0.25, -0.2) is 9.98 Å². The zero-order chi connectivity index (χ0) is 14.8. The fraction of sp³-hybridized carbons (Fsp3) is 0.176. The number of ether oxygens (including phenoxy) is 1. The molecule has 3 heteroatoms. The van der Waals surface area contributed by atoms with Gasteiger partial charge in [0.05, 0.1) is 5.35 Å². The number of hydrogen-bond donors (Lipinski definition) is 0. The first kappa shape index (κ1) is 15.6. The molecule has 0 radical (unpaired) electrons. The third-order valence-corrected chi connectivity index (χ3v) is 2.43. The van der Waals surface area contributed by atoms with E-state index in [1.54, 1.807) is 6.08 Å². The first-order valence-electron chi connectivity index (χ1n) is 6.50. The van der Waals surface area contributed by atoms with E-state index in [1.165, 1.54) is 6.20 Å². The van der Waals surface area contributed by atoms with Crippen molar-refractivity contribution in [3.63, 3.8) is 0 Å². The number of allylic oxidation sites excluding steroid dienone is 3. The minimum atomic E-state index is 0.459. The largest absolute Gasteiger partial charge is 0.421 e. The molecule has 0 atom stereocenters. The van der Waals surface area contributed by atoms with Crippen molar-refractivity contribution in [2.75, 3.05) is 0 Å². The monoisotopic (exact) mass is 268 g/mol. The average Bonchev–Trinajstić information content (AvgIpc) is 2.46. The van der Waals surface area contributed by atoms with E-state index in [4.69, 9.17) is 4.74 Å². The average molecular weight is 268 g/mol. The van der Waals surface area contributed by atoms with Crippen molar-refractivity contribution in [1.82, 2.24) is 4.98 Å². The molecular weight excluding hydrogens is 248 g/mol. The van der Waals surface area contributed by atoms with Crippen molar-refractivity contribution < 1.29 is 4.74 Å². The standard InChI is InChI=1S/C17H20N2O/c1-5-9-11-15-14(7-3)12-13-17(19-15)20-16(10-6-2)18-8-4/h5-13H,4H2,1-3H3/b9-5-,10-6-,14-7-,15-11+,18-16+. The van der Waals surface area contributed by atoms with Crippen LogP contribution in [0.1, 0.15) is 20.8 Å². The highest BCUT2D eigenvalue weighted by molar-refractivity contribution is 5.89. The second-order valence-electron chi connectivity index (χ2n) is 3.86. The third kappa shape index (κ3) is 4.69.